The minimum Gasteiger partial charge on any atom is -0.308 e. The summed E-state index contributed by atoms with van der Waals surface area (Å²) >= 11 is 0. The third kappa shape index (κ3) is 4.63. The van der Waals surface area contributed by atoms with Crippen LogP contribution in [0.15, 0.2) is 170 Å². The predicted molar refractivity (Wildman–Crippen MR) is 226 cm³/mol. The fraction of sp³-hybridized carbons (Fsp3) is 0.0400. The van der Waals surface area contributed by atoms with Crippen LogP contribution in [0.25, 0.3) is 99.3 Å². The maximum absolute atomic E-state index is 5.33. The number of aromatic nitrogens is 4. The molecule has 0 saturated heterocycles. The first-order valence-electron chi connectivity index (χ1n) is 18.5. The molecule has 0 spiro atoms. The zero-order chi connectivity index (χ0) is 35.9. The van der Waals surface area contributed by atoms with Crippen LogP contribution in [0.3, 0.4) is 0 Å². The molecule has 0 N–H and O–H groups in total. The second-order valence-electron chi connectivity index (χ2n) is 14.4. The van der Waals surface area contributed by atoms with Crippen molar-refractivity contribution in [3.8, 4) is 34.2 Å². The molecule has 54 heavy (non-hydrogen) atoms. The predicted octanol–water partition coefficient (Wildman–Crippen LogP) is 12.9. The molecule has 4 nitrogen and oxygen atoms in total. The van der Waals surface area contributed by atoms with E-state index in [2.05, 4.69) is 193 Å². The molecule has 0 bridgehead atoms. The summed E-state index contributed by atoms with van der Waals surface area (Å²) in [6.07, 6.45) is 0. The van der Waals surface area contributed by atoms with Gasteiger partial charge in [-0.2, -0.15) is 0 Å². The summed E-state index contributed by atoms with van der Waals surface area (Å²) in [5, 5.41) is 9.63. The standard InChI is InChI=1S/C50H34N4/c1-31-19-23-33(24-20-31)43-30-44(34-25-21-32(2)22-26-34)52-50(51-43)54-46-18-10-8-16-40(46)42-28-47-41(29-48(42)54)39-15-7-9-17-45(39)53(47)49-37-13-5-3-11-35(37)27-36-12-4-6-14-38(36)49/h3-30H,1-2H3. The van der Waals surface area contributed by atoms with Crippen molar-refractivity contribution in [2.45, 2.75) is 13.8 Å². The van der Waals surface area contributed by atoms with Gasteiger partial charge in [0, 0.05) is 43.4 Å². The minimum absolute atomic E-state index is 0.651. The summed E-state index contributed by atoms with van der Waals surface area (Å²) in [6, 6.07) is 61.4. The van der Waals surface area contributed by atoms with Gasteiger partial charge in [0.2, 0.25) is 5.95 Å². The molecular weight excluding hydrogens is 657 g/mol. The molecule has 0 unspecified atom stereocenters. The molecule has 3 aromatic heterocycles. The highest BCUT2D eigenvalue weighted by Crippen LogP contribution is 2.42. The number of fused-ring (bicyclic) bond motifs is 8. The van der Waals surface area contributed by atoms with E-state index in [1.807, 2.05) is 0 Å². The number of aryl methyl sites for hydroxylation is 2. The number of rotatable bonds is 4. The highest BCUT2D eigenvalue weighted by Gasteiger charge is 2.22. The average Bonchev–Trinajstić information content (AvgIpc) is 3.71. The Balaban J connectivity index is 1.26. The van der Waals surface area contributed by atoms with Gasteiger partial charge in [-0.05, 0) is 61.0 Å². The van der Waals surface area contributed by atoms with Gasteiger partial charge in [-0.3, -0.25) is 4.57 Å². The second kappa shape index (κ2) is 11.7. The fourth-order valence-electron chi connectivity index (χ4n) is 8.40. The number of hydrogen-bond donors (Lipinski definition) is 0. The molecule has 3 heterocycles. The van der Waals surface area contributed by atoms with Crippen molar-refractivity contribution in [2.24, 2.45) is 0 Å². The highest BCUT2D eigenvalue weighted by atomic mass is 15.2. The Hall–Kier alpha value is -7.04. The van der Waals surface area contributed by atoms with Crippen LogP contribution in [-0.4, -0.2) is 19.1 Å². The van der Waals surface area contributed by atoms with Gasteiger partial charge in [0.1, 0.15) is 0 Å². The van der Waals surface area contributed by atoms with Crippen molar-refractivity contribution >= 4 is 65.2 Å². The summed E-state index contributed by atoms with van der Waals surface area (Å²) in [5.74, 6) is 0.651. The highest BCUT2D eigenvalue weighted by molar-refractivity contribution is 6.20. The molecule has 0 fully saturated rings. The molecule has 8 aromatic carbocycles. The lowest BCUT2D eigenvalue weighted by molar-refractivity contribution is 0.996. The van der Waals surface area contributed by atoms with Gasteiger partial charge in [-0.15, -0.1) is 0 Å². The Bertz CT molecular complexity index is 3160. The first kappa shape index (κ1) is 30.6. The average molecular weight is 691 g/mol. The SMILES string of the molecule is Cc1ccc(-c2cc(-c3ccc(C)cc3)nc(-n3c4ccccc4c4cc5c(cc43)c3ccccc3n5-c3c4ccccc4cc4ccccc34)n2)cc1. The van der Waals surface area contributed by atoms with Gasteiger partial charge in [0.25, 0.3) is 0 Å². The number of para-hydroxylation sites is 2. The molecule has 11 rings (SSSR count). The minimum atomic E-state index is 0.651. The lowest BCUT2D eigenvalue weighted by Gasteiger charge is -2.15. The van der Waals surface area contributed by atoms with Crippen LogP contribution in [-0.2, 0) is 0 Å². The summed E-state index contributed by atoms with van der Waals surface area (Å²) in [4.78, 5) is 10.7. The van der Waals surface area contributed by atoms with E-state index in [1.54, 1.807) is 0 Å². The molecule has 0 saturated carbocycles. The topological polar surface area (TPSA) is 35.6 Å². The van der Waals surface area contributed by atoms with Gasteiger partial charge >= 0.3 is 0 Å². The smallest absolute Gasteiger partial charge is 0.235 e. The van der Waals surface area contributed by atoms with Gasteiger partial charge in [-0.1, -0.05) is 145 Å². The Morgan fingerprint density at radius 1 is 0.352 bits per heavy atom. The molecule has 11 aromatic rings. The van der Waals surface area contributed by atoms with E-state index in [0.29, 0.717) is 5.95 Å². The van der Waals surface area contributed by atoms with Gasteiger partial charge < -0.3 is 4.57 Å². The van der Waals surface area contributed by atoms with E-state index >= 15 is 0 Å². The monoisotopic (exact) mass is 690 g/mol. The summed E-state index contributed by atoms with van der Waals surface area (Å²) in [5.41, 5.74) is 12.0. The third-order valence-corrected chi connectivity index (χ3v) is 11.0. The first-order chi connectivity index (χ1) is 26.6. The Kier molecular flexibility index (Phi) is 6.65. The molecule has 0 aliphatic carbocycles. The lowest BCUT2D eigenvalue weighted by Crippen LogP contribution is -2.04. The maximum Gasteiger partial charge on any atom is 0.235 e. The van der Waals surface area contributed by atoms with Crippen LogP contribution in [0.2, 0.25) is 0 Å². The summed E-state index contributed by atoms with van der Waals surface area (Å²) in [6.45, 7) is 4.23. The van der Waals surface area contributed by atoms with Crippen molar-refractivity contribution in [1.82, 2.24) is 19.1 Å². The molecule has 254 valence electrons. The number of nitrogens with zero attached hydrogens (tertiary/aromatic N) is 4. The number of hydrogen-bond acceptors (Lipinski definition) is 2. The van der Waals surface area contributed by atoms with Gasteiger partial charge in [0.05, 0.1) is 39.1 Å². The van der Waals surface area contributed by atoms with Crippen molar-refractivity contribution in [3.63, 3.8) is 0 Å². The van der Waals surface area contributed by atoms with Gasteiger partial charge in [0.15, 0.2) is 0 Å². The third-order valence-electron chi connectivity index (χ3n) is 11.0. The molecule has 0 amide bonds. The van der Waals surface area contributed by atoms with Crippen molar-refractivity contribution < 1.29 is 0 Å². The Morgan fingerprint density at radius 3 is 1.30 bits per heavy atom. The molecule has 0 aliphatic rings. The van der Waals surface area contributed by atoms with E-state index in [9.17, 15) is 0 Å². The van der Waals surface area contributed by atoms with E-state index < -0.39 is 0 Å². The molecular formula is C50H34N4. The van der Waals surface area contributed by atoms with Crippen LogP contribution >= 0.6 is 0 Å². The quantitative estimate of drug-likeness (QED) is 0.172. The fourth-order valence-corrected chi connectivity index (χ4v) is 8.40. The molecule has 0 atom stereocenters. The van der Waals surface area contributed by atoms with Crippen LogP contribution in [0.4, 0.5) is 0 Å². The second-order valence-corrected chi connectivity index (χ2v) is 14.4. The first-order valence-corrected chi connectivity index (χ1v) is 18.5. The van der Waals surface area contributed by atoms with Crippen molar-refractivity contribution in [2.75, 3.05) is 0 Å². The van der Waals surface area contributed by atoms with Crippen molar-refractivity contribution in [1.29, 1.82) is 0 Å². The lowest BCUT2D eigenvalue weighted by atomic mass is 10.0. The normalized spacial score (nSPS) is 11.9. The van der Waals surface area contributed by atoms with E-state index in [1.165, 1.54) is 60.2 Å². The Morgan fingerprint density at radius 2 is 0.778 bits per heavy atom. The van der Waals surface area contributed by atoms with Gasteiger partial charge in [-0.25, -0.2) is 9.97 Å². The van der Waals surface area contributed by atoms with Crippen LogP contribution in [0.5, 0.6) is 0 Å². The Labute approximate surface area is 312 Å². The van der Waals surface area contributed by atoms with E-state index in [4.69, 9.17) is 9.97 Å². The zero-order valence-corrected chi connectivity index (χ0v) is 30.0. The van der Waals surface area contributed by atoms with E-state index in [-0.39, 0.29) is 0 Å². The largest absolute Gasteiger partial charge is 0.308 e. The zero-order valence-electron chi connectivity index (χ0n) is 30.0. The number of benzene rings is 8. The maximum atomic E-state index is 5.33. The summed E-state index contributed by atoms with van der Waals surface area (Å²) < 4.78 is 4.75. The van der Waals surface area contributed by atoms with E-state index in [0.717, 1.165) is 44.3 Å². The molecule has 0 radical (unpaired) electrons. The van der Waals surface area contributed by atoms with Crippen molar-refractivity contribution in [3.05, 3.63) is 181 Å². The van der Waals surface area contributed by atoms with Crippen LogP contribution in [0, 0.1) is 13.8 Å². The van der Waals surface area contributed by atoms with Crippen LogP contribution in [0.1, 0.15) is 11.1 Å². The summed E-state index contributed by atoms with van der Waals surface area (Å²) in [7, 11) is 0. The van der Waals surface area contributed by atoms with Crippen LogP contribution < -0.4 is 0 Å². The molecule has 4 heteroatoms. The molecule has 0 aliphatic heterocycles.